The van der Waals surface area contributed by atoms with Gasteiger partial charge < -0.3 is 5.32 Å². The molecule has 2 heterocycles. The second-order valence-corrected chi connectivity index (χ2v) is 5.16. The van der Waals surface area contributed by atoms with Crippen molar-refractivity contribution in [2.24, 2.45) is 0 Å². The van der Waals surface area contributed by atoms with E-state index in [9.17, 15) is 4.21 Å². The summed E-state index contributed by atoms with van der Waals surface area (Å²) in [4.78, 5) is 4.23. The molecule has 0 aliphatic carbocycles. The Morgan fingerprint density at radius 1 is 1.50 bits per heavy atom. The number of rotatable bonds is 5. The molecular weight excluding hydrogens is 224 g/mol. The van der Waals surface area contributed by atoms with Gasteiger partial charge in [0.25, 0.3) is 0 Å². The zero-order valence-electron chi connectivity index (χ0n) is 9.09. The summed E-state index contributed by atoms with van der Waals surface area (Å²) in [5.41, 5.74) is 0.935. The first-order chi connectivity index (χ1) is 7.81. The van der Waals surface area contributed by atoms with Gasteiger partial charge in [0.2, 0.25) is 0 Å². The lowest BCUT2D eigenvalue weighted by Gasteiger charge is -2.05. The zero-order chi connectivity index (χ0) is 11.4. The number of aromatic nitrogens is 3. The molecule has 0 aromatic carbocycles. The van der Waals surface area contributed by atoms with Crippen molar-refractivity contribution in [2.45, 2.75) is 6.92 Å². The number of hydrogen-bond donors (Lipinski definition) is 1. The summed E-state index contributed by atoms with van der Waals surface area (Å²) in [6, 6.07) is 1.89. The van der Waals surface area contributed by atoms with Gasteiger partial charge in [-0.05, 0) is 6.07 Å². The monoisotopic (exact) mass is 238 g/mol. The zero-order valence-corrected chi connectivity index (χ0v) is 9.91. The maximum absolute atomic E-state index is 11.2. The quantitative estimate of drug-likeness (QED) is 0.841. The molecule has 2 rings (SSSR count). The third-order valence-electron chi connectivity index (χ3n) is 2.27. The van der Waals surface area contributed by atoms with Crippen LogP contribution in [0.15, 0.2) is 24.7 Å². The Hall–Kier alpha value is -1.43. The molecular formula is C10H14N4OS. The van der Waals surface area contributed by atoms with Gasteiger partial charge in [0.1, 0.15) is 5.52 Å². The van der Waals surface area contributed by atoms with Gasteiger partial charge in [-0.3, -0.25) is 4.21 Å². The van der Waals surface area contributed by atoms with E-state index < -0.39 is 10.8 Å². The standard InChI is InChI=1S/C10H14N4OS/c1-2-16(15)8-6-12-10-9-3-4-13-14(9)7-5-11-10/h3-5,7H,2,6,8H2,1H3,(H,11,12). The molecule has 16 heavy (non-hydrogen) atoms. The first-order valence-electron chi connectivity index (χ1n) is 5.18. The lowest BCUT2D eigenvalue weighted by atomic mass is 10.4. The highest BCUT2D eigenvalue weighted by molar-refractivity contribution is 7.84. The van der Waals surface area contributed by atoms with E-state index in [4.69, 9.17) is 0 Å². The van der Waals surface area contributed by atoms with Crippen LogP contribution in [0.2, 0.25) is 0 Å². The molecule has 0 fully saturated rings. The number of nitrogens with zero attached hydrogens (tertiary/aromatic N) is 3. The highest BCUT2D eigenvalue weighted by Gasteiger charge is 2.02. The van der Waals surface area contributed by atoms with Crippen molar-refractivity contribution < 1.29 is 4.21 Å². The van der Waals surface area contributed by atoms with Crippen molar-refractivity contribution in [1.29, 1.82) is 0 Å². The van der Waals surface area contributed by atoms with Crippen LogP contribution >= 0.6 is 0 Å². The fourth-order valence-corrected chi connectivity index (χ4v) is 2.04. The minimum absolute atomic E-state index is 0.646. The predicted octanol–water partition coefficient (Wildman–Crippen LogP) is 0.910. The second kappa shape index (κ2) is 5.07. The van der Waals surface area contributed by atoms with Gasteiger partial charge >= 0.3 is 0 Å². The molecule has 0 amide bonds. The number of fused-ring (bicyclic) bond motifs is 1. The van der Waals surface area contributed by atoms with Crippen LogP contribution in [0.5, 0.6) is 0 Å². The Morgan fingerprint density at radius 2 is 2.38 bits per heavy atom. The van der Waals surface area contributed by atoms with Crippen LogP contribution in [-0.2, 0) is 10.8 Å². The average molecular weight is 238 g/mol. The normalized spacial score (nSPS) is 12.8. The summed E-state index contributed by atoms with van der Waals surface area (Å²) in [5.74, 6) is 2.13. The Bertz CT molecular complexity index is 496. The van der Waals surface area contributed by atoms with Gasteiger partial charge in [-0.15, -0.1) is 0 Å². The molecule has 1 atom stereocenters. The molecule has 0 spiro atoms. The Kier molecular flexibility index (Phi) is 3.51. The van der Waals surface area contributed by atoms with Crippen molar-refractivity contribution in [3.8, 4) is 0 Å². The molecule has 5 nitrogen and oxygen atoms in total. The Balaban J connectivity index is 2.04. The fourth-order valence-electron chi connectivity index (χ4n) is 1.42. The van der Waals surface area contributed by atoms with Crippen LogP contribution in [0.4, 0.5) is 5.82 Å². The van der Waals surface area contributed by atoms with Crippen molar-refractivity contribution >= 4 is 22.1 Å². The number of anilines is 1. The van der Waals surface area contributed by atoms with E-state index in [0.717, 1.165) is 11.3 Å². The number of hydrogen-bond acceptors (Lipinski definition) is 4. The number of nitrogens with one attached hydrogen (secondary N) is 1. The van der Waals surface area contributed by atoms with Crippen molar-refractivity contribution in [3.05, 3.63) is 24.7 Å². The molecule has 86 valence electrons. The largest absolute Gasteiger partial charge is 0.367 e. The highest BCUT2D eigenvalue weighted by atomic mass is 32.2. The summed E-state index contributed by atoms with van der Waals surface area (Å²) >= 11 is 0. The molecule has 0 bridgehead atoms. The van der Waals surface area contributed by atoms with Gasteiger partial charge in [-0.25, -0.2) is 9.50 Å². The van der Waals surface area contributed by atoms with Gasteiger partial charge in [0.15, 0.2) is 5.82 Å². The van der Waals surface area contributed by atoms with Crippen LogP contribution in [0.25, 0.3) is 5.52 Å². The van der Waals surface area contributed by atoms with Crippen LogP contribution in [-0.4, -0.2) is 36.9 Å². The van der Waals surface area contributed by atoms with Gasteiger partial charge in [-0.1, -0.05) is 6.92 Å². The highest BCUT2D eigenvalue weighted by Crippen LogP contribution is 2.11. The van der Waals surface area contributed by atoms with Gasteiger partial charge in [-0.2, -0.15) is 5.10 Å². The average Bonchev–Trinajstić information content (AvgIpc) is 2.77. The van der Waals surface area contributed by atoms with E-state index in [1.807, 2.05) is 13.0 Å². The Labute approximate surface area is 96.3 Å². The Morgan fingerprint density at radius 3 is 3.19 bits per heavy atom. The SMILES string of the molecule is CCS(=O)CCNc1nccn2nccc12. The minimum Gasteiger partial charge on any atom is -0.367 e. The molecule has 2 aromatic heterocycles. The molecule has 1 N–H and O–H groups in total. The van der Waals surface area contributed by atoms with E-state index in [-0.39, 0.29) is 0 Å². The summed E-state index contributed by atoms with van der Waals surface area (Å²) in [6.07, 6.45) is 5.22. The molecule has 6 heteroatoms. The van der Waals surface area contributed by atoms with Crippen molar-refractivity contribution in [2.75, 3.05) is 23.4 Å². The van der Waals surface area contributed by atoms with Gasteiger partial charge in [0.05, 0.1) is 6.20 Å². The third kappa shape index (κ3) is 2.38. The lowest BCUT2D eigenvalue weighted by Crippen LogP contribution is -2.13. The van der Waals surface area contributed by atoms with E-state index in [1.54, 1.807) is 23.1 Å². The predicted molar refractivity (Wildman–Crippen MR) is 65.0 cm³/mol. The van der Waals surface area contributed by atoms with E-state index in [0.29, 0.717) is 18.1 Å². The summed E-state index contributed by atoms with van der Waals surface area (Å²) in [5, 5.41) is 7.29. The van der Waals surface area contributed by atoms with E-state index in [2.05, 4.69) is 15.4 Å². The minimum atomic E-state index is -0.737. The fraction of sp³-hybridized carbons (Fsp3) is 0.400. The maximum atomic E-state index is 11.2. The summed E-state index contributed by atoms with van der Waals surface area (Å²) in [7, 11) is -0.737. The second-order valence-electron chi connectivity index (χ2n) is 3.30. The molecule has 0 aliphatic rings. The van der Waals surface area contributed by atoms with E-state index in [1.165, 1.54) is 0 Å². The van der Waals surface area contributed by atoms with Crippen molar-refractivity contribution in [3.63, 3.8) is 0 Å². The molecule has 1 unspecified atom stereocenters. The summed E-state index contributed by atoms with van der Waals surface area (Å²) < 4.78 is 13.0. The van der Waals surface area contributed by atoms with Crippen LogP contribution in [0, 0.1) is 0 Å². The first-order valence-corrected chi connectivity index (χ1v) is 6.67. The van der Waals surface area contributed by atoms with Crippen LogP contribution < -0.4 is 5.32 Å². The van der Waals surface area contributed by atoms with Crippen LogP contribution in [0.1, 0.15) is 6.92 Å². The summed E-state index contributed by atoms with van der Waals surface area (Å²) in [6.45, 7) is 2.59. The smallest absolute Gasteiger partial charge is 0.152 e. The molecule has 0 aliphatic heterocycles. The first kappa shape index (κ1) is 11.1. The van der Waals surface area contributed by atoms with Gasteiger partial charge in [0, 0.05) is 41.2 Å². The molecule has 0 saturated carbocycles. The van der Waals surface area contributed by atoms with Crippen molar-refractivity contribution in [1.82, 2.24) is 14.6 Å². The molecule has 0 radical (unpaired) electrons. The molecule has 0 saturated heterocycles. The van der Waals surface area contributed by atoms with Crippen LogP contribution in [0.3, 0.4) is 0 Å². The lowest BCUT2D eigenvalue weighted by molar-refractivity contribution is 0.684. The maximum Gasteiger partial charge on any atom is 0.152 e. The third-order valence-corrected chi connectivity index (χ3v) is 3.57. The van der Waals surface area contributed by atoms with E-state index >= 15 is 0 Å². The topological polar surface area (TPSA) is 59.3 Å². The molecule has 2 aromatic rings.